The van der Waals surface area contributed by atoms with Crippen molar-refractivity contribution in [2.24, 2.45) is 0 Å². The van der Waals surface area contributed by atoms with E-state index in [9.17, 15) is 8.42 Å². The lowest BCUT2D eigenvalue weighted by Crippen LogP contribution is -1.94. The predicted molar refractivity (Wildman–Crippen MR) is 52.5 cm³/mol. The number of hydrogen-bond acceptors (Lipinski definition) is 4. The quantitative estimate of drug-likeness (QED) is 0.741. The maximum absolute atomic E-state index is 10.8. The molecule has 0 aliphatic heterocycles. The summed E-state index contributed by atoms with van der Waals surface area (Å²) in [6.07, 6.45) is 1.56. The SMILES string of the molecule is O=S(=O)(Cl)Cc1ccc2cnoc2c1. The molecule has 1 aromatic heterocycles. The van der Waals surface area contributed by atoms with E-state index in [0.29, 0.717) is 11.1 Å². The molecule has 0 amide bonds. The Kier molecular flexibility index (Phi) is 2.20. The molecule has 6 heteroatoms. The second-order valence-corrected chi connectivity index (χ2v) is 5.66. The molecule has 0 spiro atoms. The van der Waals surface area contributed by atoms with Gasteiger partial charge in [-0.2, -0.15) is 0 Å². The van der Waals surface area contributed by atoms with Gasteiger partial charge in [0.1, 0.15) is 0 Å². The van der Waals surface area contributed by atoms with Gasteiger partial charge in [-0.25, -0.2) is 8.42 Å². The molecule has 74 valence electrons. The van der Waals surface area contributed by atoms with E-state index in [1.165, 1.54) is 0 Å². The lowest BCUT2D eigenvalue weighted by molar-refractivity contribution is 0.456. The summed E-state index contributed by atoms with van der Waals surface area (Å²) in [5, 5.41) is 4.42. The van der Waals surface area contributed by atoms with Crippen LogP contribution in [0.2, 0.25) is 0 Å². The Labute approximate surface area is 84.9 Å². The maximum Gasteiger partial charge on any atom is 0.236 e. The van der Waals surface area contributed by atoms with E-state index in [-0.39, 0.29) is 5.75 Å². The second-order valence-electron chi connectivity index (χ2n) is 2.88. The van der Waals surface area contributed by atoms with Gasteiger partial charge in [-0.1, -0.05) is 11.2 Å². The molecule has 2 rings (SSSR count). The molecule has 0 atom stereocenters. The van der Waals surface area contributed by atoms with E-state index in [4.69, 9.17) is 15.2 Å². The molecular formula is C8H6ClNO3S. The highest BCUT2D eigenvalue weighted by Gasteiger charge is 2.08. The zero-order valence-corrected chi connectivity index (χ0v) is 8.55. The van der Waals surface area contributed by atoms with Gasteiger partial charge in [-0.15, -0.1) is 0 Å². The first-order chi connectivity index (χ1) is 6.54. The first kappa shape index (κ1) is 9.48. The zero-order chi connectivity index (χ0) is 10.2. The average Bonchev–Trinajstić information content (AvgIpc) is 2.47. The Morgan fingerprint density at radius 1 is 1.43 bits per heavy atom. The van der Waals surface area contributed by atoms with Crippen LogP contribution in [-0.4, -0.2) is 13.6 Å². The predicted octanol–water partition coefficient (Wildman–Crippen LogP) is 1.90. The molecule has 14 heavy (non-hydrogen) atoms. The smallest absolute Gasteiger partial charge is 0.236 e. The highest BCUT2D eigenvalue weighted by atomic mass is 35.7. The molecule has 1 heterocycles. The molecule has 4 nitrogen and oxygen atoms in total. The van der Waals surface area contributed by atoms with Gasteiger partial charge < -0.3 is 4.52 Å². The van der Waals surface area contributed by atoms with E-state index in [1.54, 1.807) is 24.4 Å². The van der Waals surface area contributed by atoms with Crippen molar-refractivity contribution in [2.75, 3.05) is 0 Å². The van der Waals surface area contributed by atoms with E-state index in [1.807, 2.05) is 0 Å². The third-order valence-corrected chi connectivity index (χ3v) is 2.77. The van der Waals surface area contributed by atoms with Gasteiger partial charge >= 0.3 is 0 Å². The molecule has 0 saturated heterocycles. The number of nitrogens with zero attached hydrogens (tertiary/aromatic N) is 1. The molecule has 2 aromatic rings. The number of halogens is 1. The van der Waals surface area contributed by atoms with Gasteiger partial charge in [0, 0.05) is 16.1 Å². The monoisotopic (exact) mass is 231 g/mol. The Morgan fingerprint density at radius 2 is 2.21 bits per heavy atom. The molecule has 0 radical (unpaired) electrons. The largest absolute Gasteiger partial charge is 0.356 e. The van der Waals surface area contributed by atoms with Crippen LogP contribution < -0.4 is 0 Å². The van der Waals surface area contributed by atoms with E-state index in [2.05, 4.69) is 5.16 Å². The van der Waals surface area contributed by atoms with Crippen molar-refractivity contribution < 1.29 is 12.9 Å². The summed E-state index contributed by atoms with van der Waals surface area (Å²) in [6, 6.07) is 5.03. The molecular weight excluding hydrogens is 226 g/mol. The van der Waals surface area contributed by atoms with Crippen molar-refractivity contribution in [3.05, 3.63) is 30.0 Å². The molecule has 0 saturated carbocycles. The average molecular weight is 232 g/mol. The fraction of sp³-hybridized carbons (Fsp3) is 0.125. The Bertz CT molecular complexity index is 561. The van der Waals surface area contributed by atoms with E-state index in [0.717, 1.165) is 5.39 Å². The van der Waals surface area contributed by atoms with Crippen LogP contribution in [0.3, 0.4) is 0 Å². The van der Waals surface area contributed by atoms with Crippen LogP contribution in [0, 0.1) is 0 Å². The number of fused-ring (bicyclic) bond motifs is 1. The Balaban J connectivity index is 2.44. The lowest BCUT2D eigenvalue weighted by atomic mass is 10.2. The summed E-state index contributed by atoms with van der Waals surface area (Å²) in [5.74, 6) is -0.203. The molecule has 0 aliphatic carbocycles. The number of aromatic nitrogens is 1. The van der Waals surface area contributed by atoms with Gasteiger partial charge in [-0.05, 0) is 17.7 Å². The van der Waals surface area contributed by atoms with Gasteiger partial charge in [0.25, 0.3) is 0 Å². The van der Waals surface area contributed by atoms with Gasteiger partial charge in [-0.3, -0.25) is 0 Å². The lowest BCUT2D eigenvalue weighted by Gasteiger charge is -1.96. The van der Waals surface area contributed by atoms with Crippen molar-refractivity contribution in [3.63, 3.8) is 0 Å². The fourth-order valence-electron chi connectivity index (χ4n) is 1.19. The minimum absolute atomic E-state index is 0.203. The van der Waals surface area contributed by atoms with Crippen molar-refractivity contribution in [2.45, 2.75) is 5.75 Å². The van der Waals surface area contributed by atoms with Crippen LogP contribution in [0.1, 0.15) is 5.56 Å². The van der Waals surface area contributed by atoms with Crippen LogP contribution in [0.15, 0.2) is 28.9 Å². The Morgan fingerprint density at radius 3 is 2.93 bits per heavy atom. The molecule has 0 bridgehead atoms. The maximum atomic E-state index is 10.8. The third-order valence-electron chi connectivity index (χ3n) is 1.76. The Hall–Kier alpha value is -1.07. The van der Waals surface area contributed by atoms with Crippen LogP contribution in [-0.2, 0) is 14.8 Å². The molecule has 1 aromatic carbocycles. The minimum atomic E-state index is -3.52. The molecule has 0 unspecified atom stereocenters. The van der Waals surface area contributed by atoms with Crippen molar-refractivity contribution >= 4 is 30.7 Å². The third kappa shape index (κ3) is 2.05. The van der Waals surface area contributed by atoms with Crippen molar-refractivity contribution in [1.29, 1.82) is 0 Å². The topological polar surface area (TPSA) is 60.2 Å². The second kappa shape index (κ2) is 3.25. The first-order valence-electron chi connectivity index (χ1n) is 3.80. The summed E-state index contributed by atoms with van der Waals surface area (Å²) >= 11 is 0. The van der Waals surface area contributed by atoms with Crippen LogP contribution >= 0.6 is 10.7 Å². The van der Waals surface area contributed by atoms with Crippen molar-refractivity contribution in [1.82, 2.24) is 5.16 Å². The first-order valence-corrected chi connectivity index (χ1v) is 6.28. The van der Waals surface area contributed by atoms with Gasteiger partial charge in [0.15, 0.2) is 5.58 Å². The summed E-state index contributed by atoms with van der Waals surface area (Å²) < 4.78 is 26.5. The molecule has 0 fully saturated rings. The summed E-state index contributed by atoms with van der Waals surface area (Å²) in [5.41, 5.74) is 1.15. The normalized spacial score (nSPS) is 12.1. The highest BCUT2D eigenvalue weighted by molar-refractivity contribution is 8.13. The molecule has 0 N–H and O–H groups in total. The van der Waals surface area contributed by atoms with Gasteiger partial charge in [0.2, 0.25) is 9.05 Å². The summed E-state index contributed by atoms with van der Waals surface area (Å²) in [7, 11) is 1.60. The van der Waals surface area contributed by atoms with E-state index >= 15 is 0 Å². The number of rotatable bonds is 2. The fourth-order valence-corrected chi connectivity index (χ4v) is 2.15. The zero-order valence-electron chi connectivity index (χ0n) is 6.97. The van der Waals surface area contributed by atoms with Crippen LogP contribution in [0.4, 0.5) is 0 Å². The van der Waals surface area contributed by atoms with Crippen molar-refractivity contribution in [3.8, 4) is 0 Å². The summed E-state index contributed by atoms with van der Waals surface area (Å²) in [4.78, 5) is 0. The van der Waals surface area contributed by atoms with Crippen LogP contribution in [0.25, 0.3) is 11.0 Å². The molecule has 0 aliphatic rings. The van der Waals surface area contributed by atoms with Gasteiger partial charge in [0.05, 0.1) is 11.9 Å². The highest BCUT2D eigenvalue weighted by Crippen LogP contribution is 2.17. The number of hydrogen-bond donors (Lipinski definition) is 0. The summed E-state index contributed by atoms with van der Waals surface area (Å²) in [6.45, 7) is 0. The minimum Gasteiger partial charge on any atom is -0.356 e. The van der Waals surface area contributed by atoms with E-state index < -0.39 is 9.05 Å². The van der Waals surface area contributed by atoms with Crippen LogP contribution in [0.5, 0.6) is 0 Å². The number of benzene rings is 1. The standard InChI is InChI=1S/C8H6ClNO3S/c9-14(11,12)5-6-1-2-7-4-10-13-8(7)3-6/h1-4H,5H2.